The normalized spacial score (nSPS) is 21.6. The van der Waals surface area contributed by atoms with Crippen molar-refractivity contribution in [1.82, 2.24) is 15.1 Å². The largest absolute Gasteiger partial charge is 0.459 e. The molecule has 2 saturated heterocycles. The fourth-order valence-corrected chi connectivity index (χ4v) is 4.30. The lowest BCUT2D eigenvalue weighted by atomic mass is 9.71. The molecule has 1 N–H and O–H groups in total. The van der Waals surface area contributed by atoms with Crippen LogP contribution in [0.3, 0.4) is 0 Å². The Morgan fingerprint density at radius 3 is 2.58 bits per heavy atom. The predicted octanol–water partition coefficient (Wildman–Crippen LogP) is 1.60. The van der Waals surface area contributed by atoms with Crippen LogP contribution in [0, 0.1) is 11.3 Å². The minimum Gasteiger partial charge on any atom is -0.459 e. The molecule has 1 spiro atoms. The van der Waals surface area contributed by atoms with Gasteiger partial charge in [0, 0.05) is 45.2 Å². The number of nitrogens with one attached hydrogen (secondary N) is 1. The van der Waals surface area contributed by atoms with Crippen LogP contribution in [0.1, 0.15) is 16.1 Å². The van der Waals surface area contributed by atoms with E-state index in [1.54, 1.807) is 24.1 Å². The van der Waals surface area contributed by atoms with Crippen molar-refractivity contribution in [2.24, 2.45) is 11.3 Å². The molecule has 2 fully saturated rings. The second kappa shape index (κ2) is 6.61. The van der Waals surface area contributed by atoms with Crippen LogP contribution in [-0.2, 0) is 11.3 Å². The van der Waals surface area contributed by atoms with Crippen molar-refractivity contribution in [2.45, 2.75) is 6.54 Å². The molecule has 2 amide bonds. The zero-order valence-electron chi connectivity index (χ0n) is 14.9. The highest BCUT2D eigenvalue weighted by Gasteiger charge is 2.57. The van der Waals surface area contributed by atoms with Crippen LogP contribution in [0.2, 0.25) is 0 Å². The van der Waals surface area contributed by atoms with Crippen molar-refractivity contribution in [1.29, 1.82) is 0 Å². The molecule has 0 radical (unpaired) electrons. The lowest BCUT2D eigenvalue weighted by molar-refractivity contribution is -0.130. The summed E-state index contributed by atoms with van der Waals surface area (Å²) in [6.45, 7) is 3.55. The molecule has 6 heteroatoms. The van der Waals surface area contributed by atoms with Crippen LogP contribution in [0.5, 0.6) is 0 Å². The van der Waals surface area contributed by atoms with Crippen LogP contribution in [0.4, 0.5) is 0 Å². The molecule has 6 nitrogen and oxygen atoms in total. The Morgan fingerprint density at radius 2 is 1.92 bits per heavy atom. The summed E-state index contributed by atoms with van der Waals surface area (Å²) in [4.78, 5) is 29.0. The Kier molecular flexibility index (Phi) is 4.28. The Morgan fingerprint density at radius 1 is 1.15 bits per heavy atom. The van der Waals surface area contributed by atoms with E-state index in [1.165, 1.54) is 11.8 Å². The summed E-state index contributed by atoms with van der Waals surface area (Å²) >= 11 is 0. The zero-order chi connectivity index (χ0) is 18.1. The van der Waals surface area contributed by atoms with Crippen LogP contribution in [-0.4, -0.2) is 54.8 Å². The van der Waals surface area contributed by atoms with Crippen molar-refractivity contribution in [3.63, 3.8) is 0 Å². The molecule has 2 aliphatic rings. The first-order chi connectivity index (χ1) is 12.6. The highest BCUT2D eigenvalue weighted by Crippen LogP contribution is 2.45. The molecule has 1 atom stereocenters. The molecule has 1 aromatic carbocycles. The fourth-order valence-electron chi connectivity index (χ4n) is 4.30. The van der Waals surface area contributed by atoms with Gasteiger partial charge in [0.1, 0.15) is 0 Å². The molecule has 3 heterocycles. The van der Waals surface area contributed by atoms with Gasteiger partial charge in [0.15, 0.2) is 5.76 Å². The van der Waals surface area contributed by atoms with Crippen molar-refractivity contribution >= 4 is 11.8 Å². The number of amides is 2. The molecule has 26 heavy (non-hydrogen) atoms. The Hall–Kier alpha value is -2.60. The van der Waals surface area contributed by atoms with E-state index >= 15 is 0 Å². The third kappa shape index (κ3) is 2.90. The standard InChI is InChI=1S/C20H23N3O3/c1-21-18(24)16-11-22(10-15-6-3-2-4-7-15)12-20(16)13-23(14-20)19(25)17-8-5-9-26-17/h2-9,16H,10-14H2,1H3,(H,21,24). The van der Waals surface area contributed by atoms with Gasteiger partial charge in [-0.15, -0.1) is 0 Å². The van der Waals surface area contributed by atoms with Crippen LogP contribution in [0.15, 0.2) is 53.1 Å². The molecule has 1 aromatic heterocycles. The van der Waals surface area contributed by atoms with Crippen molar-refractivity contribution in [3.05, 3.63) is 60.1 Å². The second-order valence-corrected chi connectivity index (χ2v) is 7.32. The average Bonchev–Trinajstić information content (AvgIpc) is 3.28. The van der Waals surface area contributed by atoms with E-state index in [9.17, 15) is 9.59 Å². The van der Waals surface area contributed by atoms with Gasteiger partial charge in [0.05, 0.1) is 12.2 Å². The smallest absolute Gasteiger partial charge is 0.289 e. The maximum Gasteiger partial charge on any atom is 0.289 e. The number of carbonyl (C=O) groups is 2. The molecule has 1 unspecified atom stereocenters. The SMILES string of the molecule is CNC(=O)C1CN(Cc2ccccc2)CC12CN(C(=O)c1ccco1)C2. The summed E-state index contributed by atoms with van der Waals surface area (Å²) in [6, 6.07) is 13.7. The van der Waals surface area contributed by atoms with E-state index in [2.05, 4.69) is 22.3 Å². The maximum atomic E-state index is 12.5. The van der Waals surface area contributed by atoms with E-state index in [-0.39, 0.29) is 23.1 Å². The van der Waals surface area contributed by atoms with Gasteiger partial charge in [-0.25, -0.2) is 0 Å². The molecule has 4 rings (SSSR count). The lowest BCUT2D eigenvalue weighted by Gasteiger charge is -2.50. The van der Waals surface area contributed by atoms with Gasteiger partial charge in [-0.05, 0) is 17.7 Å². The molecule has 2 aromatic rings. The number of nitrogens with zero attached hydrogens (tertiary/aromatic N) is 2. The minimum absolute atomic E-state index is 0.0608. The van der Waals surface area contributed by atoms with Gasteiger partial charge in [-0.1, -0.05) is 30.3 Å². The highest BCUT2D eigenvalue weighted by molar-refractivity contribution is 5.92. The Bertz CT molecular complexity index is 782. The summed E-state index contributed by atoms with van der Waals surface area (Å²) in [7, 11) is 1.68. The number of rotatable bonds is 4. The van der Waals surface area contributed by atoms with Gasteiger partial charge in [-0.3, -0.25) is 14.5 Å². The first kappa shape index (κ1) is 16.8. The van der Waals surface area contributed by atoms with E-state index in [0.717, 1.165) is 19.6 Å². The van der Waals surface area contributed by atoms with E-state index in [1.807, 2.05) is 18.2 Å². The highest BCUT2D eigenvalue weighted by atomic mass is 16.3. The van der Waals surface area contributed by atoms with Gasteiger partial charge < -0.3 is 14.6 Å². The number of hydrogen-bond donors (Lipinski definition) is 1. The molecule has 0 bridgehead atoms. The molecule has 0 aliphatic carbocycles. The molecular formula is C20H23N3O3. The van der Waals surface area contributed by atoms with Crippen molar-refractivity contribution in [3.8, 4) is 0 Å². The first-order valence-electron chi connectivity index (χ1n) is 8.92. The summed E-state index contributed by atoms with van der Waals surface area (Å²) in [5.74, 6) is 0.218. The van der Waals surface area contributed by atoms with Crippen molar-refractivity contribution in [2.75, 3.05) is 33.2 Å². The maximum absolute atomic E-state index is 12.5. The zero-order valence-corrected chi connectivity index (χ0v) is 14.9. The van der Waals surface area contributed by atoms with E-state index in [4.69, 9.17) is 4.42 Å². The topological polar surface area (TPSA) is 65.8 Å². The summed E-state index contributed by atoms with van der Waals surface area (Å²) in [5, 5.41) is 2.80. The number of carbonyl (C=O) groups excluding carboxylic acids is 2. The molecular weight excluding hydrogens is 330 g/mol. The minimum atomic E-state index is -0.170. The fraction of sp³-hybridized carbons (Fsp3) is 0.400. The predicted molar refractivity (Wildman–Crippen MR) is 96.3 cm³/mol. The molecule has 136 valence electrons. The third-order valence-corrected chi connectivity index (χ3v) is 5.56. The number of furan rings is 1. The van der Waals surface area contributed by atoms with Crippen molar-refractivity contribution < 1.29 is 14.0 Å². The average molecular weight is 353 g/mol. The second-order valence-electron chi connectivity index (χ2n) is 7.32. The number of likely N-dealkylation sites (tertiary alicyclic amines) is 2. The lowest BCUT2D eigenvalue weighted by Crippen LogP contribution is -2.63. The molecule has 2 aliphatic heterocycles. The van der Waals surface area contributed by atoms with Gasteiger partial charge in [-0.2, -0.15) is 0 Å². The van der Waals surface area contributed by atoms with Crippen LogP contribution < -0.4 is 5.32 Å². The monoisotopic (exact) mass is 353 g/mol. The Labute approximate surface area is 152 Å². The third-order valence-electron chi connectivity index (χ3n) is 5.56. The quantitative estimate of drug-likeness (QED) is 0.907. The van der Waals surface area contributed by atoms with E-state index < -0.39 is 0 Å². The number of benzene rings is 1. The summed E-state index contributed by atoms with van der Waals surface area (Å²) in [5.41, 5.74) is 1.07. The van der Waals surface area contributed by atoms with Gasteiger partial charge in [0.25, 0.3) is 5.91 Å². The van der Waals surface area contributed by atoms with E-state index in [0.29, 0.717) is 18.8 Å². The Balaban J connectivity index is 1.47. The summed E-state index contributed by atoms with van der Waals surface area (Å²) < 4.78 is 5.22. The number of hydrogen-bond acceptors (Lipinski definition) is 4. The van der Waals surface area contributed by atoms with Gasteiger partial charge in [0.2, 0.25) is 5.91 Å². The van der Waals surface area contributed by atoms with Crippen LogP contribution in [0.25, 0.3) is 0 Å². The molecule has 0 saturated carbocycles. The first-order valence-corrected chi connectivity index (χ1v) is 8.92. The summed E-state index contributed by atoms with van der Waals surface area (Å²) in [6.07, 6.45) is 1.51. The van der Waals surface area contributed by atoms with Crippen LogP contribution >= 0.6 is 0 Å². The van der Waals surface area contributed by atoms with Gasteiger partial charge >= 0.3 is 0 Å².